The van der Waals surface area contributed by atoms with E-state index in [-0.39, 0.29) is 11.9 Å². The summed E-state index contributed by atoms with van der Waals surface area (Å²) in [4.78, 5) is 15.8. The zero-order chi connectivity index (χ0) is 21.8. The first-order chi connectivity index (χ1) is 15.8. The Morgan fingerprint density at radius 1 is 0.938 bits per heavy atom. The summed E-state index contributed by atoms with van der Waals surface area (Å²) < 4.78 is 1.93. The van der Waals surface area contributed by atoms with Crippen LogP contribution in [0, 0.1) is 0 Å². The fraction of sp³-hybridized carbons (Fsp3) is 0.192. The lowest BCUT2D eigenvalue weighted by Gasteiger charge is -2.35. The van der Waals surface area contributed by atoms with Gasteiger partial charge in [-0.2, -0.15) is 4.57 Å². The van der Waals surface area contributed by atoms with Gasteiger partial charge in [0.15, 0.2) is 0 Å². The maximum Gasteiger partial charge on any atom is 0.329 e. The molecule has 1 fully saturated rings. The van der Waals surface area contributed by atoms with E-state index in [9.17, 15) is 4.79 Å². The third-order valence-corrected chi connectivity index (χ3v) is 5.88. The van der Waals surface area contributed by atoms with Gasteiger partial charge in [-0.1, -0.05) is 66.7 Å². The van der Waals surface area contributed by atoms with Crippen LogP contribution in [0.25, 0.3) is 17.1 Å². The second-order valence-corrected chi connectivity index (χ2v) is 7.98. The van der Waals surface area contributed by atoms with Gasteiger partial charge < -0.3 is 10.2 Å². The topological polar surface area (TPSA) is 64.9 Å². The average molecular weight is 425 g/mol. The highest BCUT2D eigenvalue weighted by molar-refractivity contribution is 5.90. The summed E-state index contributed by atoms with van der Waals surface area (Å²) in [5.41, 5.74) is 3.08. The van der Waals surface area contributed by atoms with Crippen LogP contribution in [-0.4, -0.2) is 46.7 Å². The third kappa shape index (κ3) is 4.05. The summed E-state index contributed by atoms with van der Waals surface area (Å²) in [5.74, 6) is 1.15. The van der Waals surface area contributed by atoms with Gasteiger partial charge in [0.2, 0.25) is 0 Å². The van der Waals surface area contributed by atoms with Crippen molar-refractivity contribution in [2.24, 2.45) is 0 Å². The molecule has 2 N–H and O–H groups in total. The molecule has 32 heavy (non-hydrogen) atoms. The van der Waals surface area contributed by atoms with E-state index in [0.29, 0.717) is 12.4 Å². The minimum Gasteiger partial charge on any atom is -0.328 e. The van der Waals surface area contributed by atoms with Gasteiger partial charge in [-0.05, 0) is 36.2 Å². The van der Waals surface area contributed by atoms with E-state index in [1.165, 1.54) is 5.56 Å². The summed E-state index contributed by atoms with van der Waals surface area (Å²) in [6.45, 7) is 2.21. The highest BCUT2D eigenvalue weighted by Gasteiger charge is 2.35. The van der Waals surface area contributed by atoms with Crippen LogP contribution in [0.2, 0.25) is 0 Å². The Morgan fingerprint density at radius 2 is 1.59 bits per heavy atom. The first-order valence-corrected chi connectivity index (χ1v) is 11.0. The standard InChI is InChI=1S/C26H25N5O/c32-26(30-17-16-27-19-23(30)18-20-10-4-1-5-11-20)25-29-28-24(21-12-6-2-7-13-21)31(25)22-14-8-3-9-15-22/h1-15,23,27H,16-19H2/p+1/t23-/m1/s1. The molecule has 1 aliphatic rings. The molecular weight excluding hydrogens is 398 g/mol. The van der Waals surface area contributed by atoms with Crippen LogP contribution in [0.5, 0.6) is 0 Å². The quantitative estimate of drug-likeness (QED) is 0.484. The highest BCUT2D eigenvalue weighted by Crippen LogP contribution is 2.18. The number of aromatic amines is 1. The maximum absolute atomic E-state index is 13.8. The molecule has 6 nitrogen and oxygen atoms in total. The Labute approximate surface area is 187 Å². The number of rotatable bonds is 5. The molecule has 2 heterocycles. The van der Waals surface area contributed by atoms with Crippen LogP contribution in [0.15, 0.2) is 91.0 Å². The molecule has 1 saturated heterocycles. The number of amides is 1. The predicted octanol–water partition coefficient (Wildman–Crippen LogP) is 3.01. The lowest BCUT2D eigenvalue weighted by Crippen LogP contribution is -2.56. The van der Waals surface area contributed by atoms with E-state index in [1.54, 1.807) is 0 Å². The SMILES string of the molecule is O=C(c1[nH]nc(-c2ccccc2)[n+]1-c1ccccc1)N1CCNC[C@H]1Cc1ccccc1. The minimum atomic E-state index is -0.0361. The fourth-order valence-corrected chi connectivity index (χ4v) is 4.30. The van der Waals surface area contributed by atoms with Crippen molar-refractivity contribution >= 4 is 5.91 Å². The monoisotopic (exact) mass is 424 g/mol. The first-order valence-electron chi connectivity index (χ1n) is 11.0. The normalized spacial score (nSPS) is 16.1. The van der Waals surface area contributed by atoms with Gasteiger partial charge in [0.1, 0.15) is 5.69 Å². The molecule has 6 heteroatoms. The summed E-state index contributed by atoms with van der Waals surface area (Å²) in [6, 6.07) is 30.3. The van der Waals surface area contributed by atoms with E-state index in [4.69, 9.17) is 0 Å². The van der Waals surface area contributed by atoms with Crippen LogP contribution in [0.3, 0.4) is 0 Å². The van der Waals surface area contributed by atoms with Crippen molar-refractivity contribution in [2.45, 2.75) is 12.5 Å². The number of carbonyl (C=O) groups excluding carboxylic acids is 1. The van der Waals surface area contributed by atoms with E-state index in [2.05, 4.69) is 27.6 Å². The summed E-state index contributed by atoms with van der Waals surface area (Å²) in [6.07, 6.45) is 0.810. The molecule has 0 spiro atoms. The predicted molar refractivity (Wildman–Crippen MR) is 123 cm³/mol. The van der Waals surface area contributed by atoms with Crippen LogP contribution in [0.4, 0.5) is 0 Å². The number of benzene rings is 3. The van der Waals surface area contributed by atoms with Crippen LogP contribution in [-0.2, 0) is 6.42 Å². The molecule has 0 unspecified atom stereocenters. The number of hydrogen-bond donors (Lipinski definition) is 2. The maximum atomic E-state index is 13.8. The van der Waals surface area contributed by atoms with Crippen LogP contribution in [0.1, 0.15) is 16.2 Å². The smallest absolute Gasteiger partial charge is 0.328 e. The molecule has 160 valence electrons. The second kappa shape index (κ2) is 9.16. The highest BCUT2D eigenvalue weighted by atomic mass is 16.2. The lowest BCUT2D eigenvalue weighted by atomic mass is 10.0. The van der Waals surface area contributed by atoms with E-state index in [1.807, 2.05) is 88.3 Å². The average Bonchev–Trinajstić information content (AvgIpc) is 3.31. The summed E-state index contributed by atoms with van der Waals surface area (Å²) in [7, 11) is 0. The van der Waals surface area contributed by atoms with Gasteiger partial charge in [-0.25, -0.2) is 0 Å². The zero-order valence-corrected chi connectivity index (χ0v) is 17.8. The molecule has 4 aromatic rings. The summed E-state index contributed by atoms with van der Waals surface area (Å²) >= 11 is 0. The van der Waals surface area contributed by atoms with Crippen LogP contribution >= 0.6 is 0 Å². The van der Waals surface area contributed by atoms with Gasteiger partial charge in [-0.15, -0.1) is 5.10 Å². The fourth-order valence-electron chi connectivity index (χ4n) is 4.30. The van der Waals surface area contributed by atoms with Crippen molar-refractivity contribution in [1.82, 2.24) is 20.4 Å². The van der Waals surface area contributed by atoms with Crippen molar-refractivity contribution in [1.29, 1.82) is 0 Å². The number of aromatic nitrogens is 3. The first kappa shape index (κ1) is 20.2. The Hall–Kier alpha value is -3.77. The molecule has 1 aliphatic heterocycles. The van der Waals surface area contributed by atoms with E-state index >= 15 is 0 Å². The minimum absolute atomic E-state index is 0.0361. The van der Waals surface area contributed by atoms with E-state index in [0.717, 1.165) is 36.6 Å². The Morgan fingerprint density at radius 3 is 2.31 bits per heavy atom. The summed E-state index contributed by atoms with van der Waals surface area (Å²) in [5, 5.41) is 11.1. The van der Waals surface area contributed by atoms with Gasteiger partial charge >= 0.3 is 17.6 Å². The van der Waals surface area contributed by atoms with Gasteiger partial charge in [-0.3, -0.25) is 4.79 Å². The Kier molecular flexibility index (Phi) is 5.77. The van der Waals surface area contributed by atoms with Gasteiger partial charge in [0, 0.05) is 30.8 Å². The van der Waals surface area contributed by atoms with Crippen molar-refractivity contribution in [3.63, 3.8) is 0 Å². The van der Waals surface area contributed by atoms with Crippen molar-refractivity contribution in [2.75, 3.05) is 19.6 Å². The molecule has 1 amide bonds. The number of piperazine rings is 1. The third-order valence-electron chi connectivity index (χ3n) is 5.88. The van der Waals surface area contributed by atoms with Crippen molar-refractivity contribution in [3.8, 4) is 17.1 Å². The molecule has 0 radical (unpaired) electrons. The zero-order valence-electron chi connectivity index (χ0n) is 17.8. The number of carbonyl (C=O) groups is 1. The number of nitrogens with zero attached hydrogens (tertiary/aromatic N) is 3. The number of hydrogen-bond acceptors (Lipinski definition) is 3. The molecule has 1 atom stereocenters. The van der Waals surface area contributed by atoms with Gasteiger partial charge in [0.05, 0.1) is 5.56 Å². The number of para-hydroxylation sites is 1. The largest absolute Gasteiger partial charge is 0.329 e. The number of H-pyrrole nitrogens is 1. The molecule has 5 rings (SSSR count). The molecule has 3 aromatic carbocycles. The molecule has 0 bridgehead atoms. The van der Waals surface area contributed by atoms with E-state index < -0.39 is 0 Å². The second-order valence-electron chi connectivity index (χ2n) is 7.98. The van der Waals surface area contributed by atoms with Crippen molar-refractivity contribution in [3.05, 3.63) is 102 Å². The van der Waals surface area contributed by atoms with Crippen molar-refractivity contribution < 1.29 is 9.36 Å². The molecule has 1 aromatic heterocycles. The lowest BCUT2D eigenvalue weighted by molar-refractivity contribution is -0.586. The van der Waals surface area contributed by atoms with Crippen LogP contribution < -0.4 is 9.88 Å². The number of nitrogens with one attached hydrogen (secondary N) is 2. The Balaban J connectivity index is 1.53. The molecule has 0 aliphatic carbocycles. The molecule has 0 saturated carbocycles. The van der Waals surface area contributed by atoms with Gasteiger partial charge in [0.25, 0.3) is 0 Å². The molecular formula is C26H26N5O+. The Bertz CT molecular complexity index is 1170.